The van der Waals surface area contributed by atoms with Gasteiger partial charge in [-0.1, -0.05) is 6.58 Å². The van der Waals surface area contributed by atoms with Gasteiger partial charge in [-0.15, -0.1) is 0 Å². The molecule has 0 heterocycles. The minimum absolute atomic E-state index is 0.234. The van der Waals surface area contributed by atoms with Gasteiger partial charge in [-0.05, 0) is 20.8 Å². The zero-order valence-corrected chi connectivity index (χ0v) is 10.7. The summed E-state index contributed by atoms with van der Waals surface area (Å²) in [4.78, 5) is 11.1. The van der Waals surface area contributed by atoms with Gasteiger partial charge in [0.2, 0.25) is 0 Å². The Morgan fingerprint density at radius 1 is 1.12 bits per heavy atom. The topological polar surface area (TPSA) is 54.0 Å². The van der Waals surface area contributed by atoms with Crippen molar-refractivity contribution < 1.29 is 26.9 Å². The Kier molecular flexibility index (Phi) is 7.14. The van der Waals surface area contributed by atoms with Crippen LogP contribution >= 0.6 is 0 Å². The molecule has 0 atom stereocenters. The van der Waals surface area contributed by atoms with Gasteiger partial charge >= 0.3 is 15.0 Å². The zero-order valence-electron chi connectivity index (χ0n) is 9.75. The smallest absolute Gasteiger partial charge is 0.446 e. The minimum Gasteiger partial charge on any atom is -0.446 e. The van der Waals surface area contributed by atoms with E-state index in [9.17, 15) is 9.18 Å². The molecule has 0 amide bonds. The van der Waals surface area contributed by atoms with E-state index in [0.717, 1.165) is 0 Å². The molecule has 16 heavy (non-hydrogen) atoms. The first-order valence-electron chi connectivity index (χ1n) is 5.00. The van der Waals surface area contributed by atoms with E-state index < -0.39 is 20.8 Å². The highest BCUT2D eigenvalue weighted by Crippen LogP contribution is 2.14. The first-order chi connectivity index (χ1) is 7.51. The van der Waals surface area contributed by atoms with Gasteiger partial charge < -0.3 is 17.7 Å². The number of halogens is 1. The first kappa shape index (κ1) is 15.2. The Balaban J connectivity index is 4.71. The molecule has 5 nitrogen and oxygen atoms in total. The van der Waals surface area contributed by atoms with Crippen LogP contribution in [0.1, 0.15) is 20.8 Å². The first-order valence-corrected chi connectivity index (χ1v) is 6.64. The van der Waals surface area contributed by atoms with Crippen LogP contribution in [0, 0.1) is 0 Å². The van der Waals surface area contributed by atoms with Gasteiger partial charge in [0.1, 0.15) is 0 Å². The lowest BCUT2D eigenvalue weighted by Crippen LogP contribution is -2.50. The van der Waals surface area contributed by atoms with E-state index in [1.54, 1.807) is 20.8 Å². The van der Waals surface area contributed by atoms with Crippen LogP contribution in [-0.2, 0) is 22.5 Å². The number of hydrogen-bond donors (Lipinski definition) is 0. The van der Waals surface area contributed by atoms with E-state index >= 15 is 0 Å². The molecule has 0 aromatic carbocycles. The Morgan fingerprint density at radius 3 is 1.75 bits per heavy atom. The van der Waals surface area contributed by atoms with E-state index in [2.05, 4.69) is 6.58 Å². The molecule has 0 fully saturated rings. The average molecular weight is 252 g/mol. The van der Waals surface area contributed by atoms with Crippen molar-refractivity contribution in [3.63, 3.8) is 0 Å². The summed E-state index contributed by atoms with van der Waals surface area (Å²) < 4.78 is 32.8. The van der Waals surface area contributed by atoms with Crippen LogP contribution in [-0.4, -0.2) is 34.8 Å². The van der Waals surface area contributed by atoms with E-state index in [-0.39, 0.29) is 19.8 Å². The number of carbonyl (C=O) groups is 1. The average Bonchev–Trinajstić information content (AvgIpc) is 2.18. The summed E-state index contributed by atoms with van der Waals surface area (Å²) in [6.07, 6.45) is 0. The minimum atomic E-state index is -3.57. The lowest BCUT2D eigenvalue weighted by Gasteiger charge is -2.25. The molecule has 0 spiro atoms. The molecule has 0 unspecified atom stereocenters. The van der Waals surface area contributed by atoms with E-state index in [4.69, 9.17) is 17.7 Å². The molecule has 0 bridgehead atoms. The van der Waals surface area contributed by atoms with Gasteiger partial charge in [0.05, 0.1) is 0 Å². The van der Waals surface area contributed by atoms with Crippen molar-refractivity contribution in [2.24, 2.45) is 0 Å². The predicted octanol–water partition coefficient (Wildman–Crippen LogP) is 1.56. The second-order valence-corrected chi connectivity index (χ2v) is 4.66. The fourth-order valence-electron chi connectivity index (χ4n) is 0.913. The lowest BCUT2D eigenvalue weighted by molar-refractivity contribution is -0.141. The van der Waals surface area contributed by atoms with Crippen molar-refractivity contribution in [2.75, 3.05) is 19.8 Å². The van der Waals surface area contributed by atoms with Gasteiger partial charge in [-0.2, -0.15) is 4.39 Å². The molecule has 0 aliphatic heterocycles. The molecular formula is C9H17FO5Si. The zero-order chi connectivity index (χ0) is 12.6. The summed E-state index contributed by atoms with van der Waals surface area (Å²) >= 11 is 0. The van der Waals surface area contributed by atoms with Gasteiger partial charge in [0.15, 0.2) is 5.83 Å². The van der Waals surface area contributed by atoms with Crippen LogP contribution in [0.4, 0.5) is 4.39 Å². The molecule has 7 heteroatoms. The Morgan fingerprint density at radius 2 is 1.50 bits per heavy atom. The van der Waals surface area contributed by atoms with Crippen LogP contribution in [0.15, 0.2) is 12.4 Å². The van der Waals surface area contributed by atoms with Gasteiger partial charge in [-0.25, -0.2) is 4.79 Å². The lowest BCUT2D eigenvalue weighted by atomic mass is 10.6. The van der Waals surface area contributed by atoms with Crippen LogP contribution in [0.25, 0.3) is 0 Å². The largest absolute Gasteiger partial charge is 0.751 e. The van der Waals surface area contributed by atoms with Crippen LogP contribution in [0.3, 0.4) is 0 Å². The molecular weight excluding hydrogens is 235 g/mol. The van der Waals surface area contributed by atoms with E-state index in [1.165, 1.54) is 0 Å². The summed E-state index contributed by atoms with van der Waals surface area (Å²) in [5.41, 5.74) is 0. The molecule has 0 radical (unpaired) electrons. The SMILES string of the molecule is C=C(F)C(=O)O[Si](OCC)(OCC)OCC. The van der Waals surface area contributed by atoms with E-state index in [0.29, 0.717) is 0 Å². The highest BCUT2D eigenvalue weighted by molar-refractivity contribution is 6.55. The molecule has 0 aliphatic carbocycles. The molecule has 0 aliphatic rings. The fraction of sp³-hybridized carbons (Fsp3) is 0.667. The number of carbonyl (C=O) groups excluding carboxylic acids is 1. The van der Waals surface area contributed by atoms with Crippen molar-refractivity contribution in [1.29, 1.82) is 0 Å². The summed E-state index contributed by atoms with van der Waals surface area (Å²) in [6.45, 7) is 8.61. The predicted molar refractivity (Wildman–Crippen MR) is 57.0 cm³/mol. The molecule has 0 N–H and O–H groups in total. The van der Waals surface area contributed by atoms with Crippen molar-refractivity contribution in [1.82, 2.24) is 0 Å². The Bertz CT molecular complexity index is 229. The second-order valence-electron chi connectivity index (χ2n) is 2.59. The van der Waals surface area contributed by atoms with Gasteiger partial charge in [-0.3, -0.25) is 0 Å². The standard InChI is InChI=1S/C9H17FO5Si/c1-5-12-16(13-6-2,14-7-3)15-9(11)8(4)10/h4-7H2,1-3H3. The van der Waals surface area contributed by atoms with Gasteiger partial charge in [0.25, 0.3) is 0 Å². The summed E-state index contributed by atoms with van der Waals surface area (Å²) in [7, 11) is -3.57. The summed E-state index contributed by atoms with van der Waals surface area (Å²) in [5, 5.41) is 0. The molecule has 0 saturated heterocycles. The molecule has 0 saturated carbocycles. The van der Waals surface area contributed by atoms with Crippen molar-refractivity contribution in [3.8, 4) is 0 Å². The quantitative estimate of drug-likeness (QED) is 0.484. The highest BCUT2D eigenvalue weighted by Gasteiger charge is 2.49. The third-order valence-corrected chi connectivity index (χ3v) is 3.76. The second kappa shape index (κ2) is 7.50. The Labute approximate surface area is 95.6 Å². The van der Waals surface area contributed by atoms with Crippen LogP contribution in [0.5, 0.6) is 0 Å². The molecule has 94 valence electrons. The fourth-order valence-corrected chi connectivity index (χ4v) is 2.74. The van der Waals surface area contributed by atoms with E-state index in [1.807, 2.05) is 0 Å². The van der Waals surface area contributed by atoms with Crippen molar-refractivity contribution >= 4 is 15.0 Å². The molecule has 0 aromatic heterocycles. The van der Waals surface area contributed by atoms with Crippen molar-refractivity contribution in [2.45, 2.75) is 20.8 Å². The summed E-state index contributed by atoms with van der Waals surface area (Å²) in [5.74, 6) is -2.43. The van der Waals surface area contributed by atoms with Crippen molar-refractivity contribution in [3.05, 3.63) is 12.4 Å². The number of rotatable bonds is 8. The molecule has 0 rings (SSSR count). The third-order valence-electron chi connectivity index (χ3n) is 1.40. The Hall–Kier alpha value is -0.763. The van der Waals surface area contributed by atoms with Gasteiger partial charge in [0, 0.05) is 19.8 Å². The monoisotopic (exact) mass is 252 g/mol. The van der Waals surface area contributed by atoms with Crippen LogP contribution in [0.2, 0.25) is 0 Å². The maximum absolute atomic E-state index is 12.5. The summed E-state index contributed by atoms with van der Waals surface area (Å²) in [6, 6.07) is 0. The third kappa shape index (κ3) is 4.84. The number of hydrogen-bond acceptors (Lipinski definition) is 5. The molecule has 0 aromatic rings. The highest BCUT2D eigenvalue weighted by atomic mass is 28.4. The maximum Gasteiger partial charge on any atom is 0.751 e. The maximum atomic E-state index is 12.5. The normalized spacial score (nSPS) is 11.2. The van der Waals surface area contributed by atoms with Crippen LogP contribution < -0.4 is 0 Å².